The van der Waals surface area contributed by atoms with E-state index >= 15 is 0 Å². The Kier molecular flexibility index (Phi) is 2.18. The highest BCUT2D eigenvalue weighted by Crippen LogP contribution is 2.06. The highest BCUT2D eigenvalue weighted by Gasteiger charge is 2.08. The van der Waals surface area contributed by atoms with Gasteiger partial charge in [-0.05, 0) is 5.92 Å². The Hall–Kier alpha value is -1.85. The number of rotatable bonds is 2. The largest absolute Gasteiger partial charge is 0.327 e. The summed E-state index contributed by atoms with van der Waals surface area (Å²) in [7, 11) is 0. The van der Waals surface area contributed by atoms with Crippen LogP contribution in [0.25, 0.3) is 11.2 Å². The molecule has 2 N–H and O–H groups in total. The van der Waals surface area contributed by atoms with Gasteiger partial charge in [-0.3, -0.25) is 14.8 Å². The molecule has 15 heavy (non-hydrogen) atoms. The van der Waals surface area contributed by atoms with Gasteiger partial charge in [0.1, 0.15) is 5.65 Å². The lowest BCUT2D eigenvalue weighted by Gasteiger charge is -2.05. The van der Waals surface area contributed by atoms with Gasteiger partial charge in [-0.2, -0.15) is 0 Å². The fourth-order valence-electron chi connectivity index (χ4n) is 1.51. The van der Waals surface area contributed by atoms with E-state index in [0.29, 0.717) is 11.6 Å². The second-order valence-corrected chi connectivity index (χ2v) is 3.90. The maximum Gasteiger partial charge on any atom is 0.327 e. The molecule has 80 valence electrons. The van der Waals surface area contributed by atoms with Crippen LogP contribution in [0.3, 0.4) is 0 Å². The van der Waals surface area contributed by atoms with E-state index in [1.165, 1.54) is 0 Å². The average molecular weight is 208 g/mol. The first-order chi connectivity index (χ1) is 7.08. The molecule has 2 rings (SSSR count). The predicted octanol–water partition coefficient (Wildman–Crippen LogP) is 0.0689. The summed E-state index contributed by atoms with van der Waals surface area (Å²) < 4.78 is 1.77. The second kappa shape index (κ2) is 3.38. The predicted molar refractivity (Wildman–Crippen MR) is 55.8 cm³/mol. The van der Waals surface area contributed by atoms with Crippen LogP contribution in [0.4, 0.5) is 0 Å². The molecule has 2 aromatic rings. The van der Waals surface area contributed by atoms with E-state index in [4.69, 9.17) is 0 Å². The molecule has 0 saturated heterocycles. The lowest BCUT2D eigenvalue weighted by molar-refractivity contribution is 0.530. The molecular formula is C9H12N4O2. The van der Waals surface area contributed by atoms with E-state index < -0.39 is 11.2 Å². The first-order valence-corrected chi connectivity index (χ1v) is 4.75. The van der Waals surface area contributed by atoms with Crippen molar-refractivity contribution < 1.29 is 0 Å². The number of H-pyrrole nitrogens is 2. The lowest BCUT2D eigenvalue weighted by atomic mass is 10.2. The minimum atomic E-state index is -0.502. The monoisotopic (exact) mass is 208 g/mol. The molecule has 2 heterocycles. The Morgan fingerprint density at radius 3 is 2.80 bits per heavy atom. The summed E-state index contributed by atoms with van der Waals surface area (Å²) in [6.07, 6.45) is 1.57. The van der Waals surface area contributed by atoms with Crippen molar-refractivity contribution in [3.05, 3.63) is 27.2 Å². The standard InChI is InChI=1S/C9H12N4O2/c1-5(2)3-13-4-10-6-7(13)11-9(15)12-8(6)14/h4-5H,3H2,1-2H3,(H2,11,12,14,15). The maximum atomic E-state index is 11.3. The minimum Gasteiger partial charge on any atom is -0.316 e. The fraction of sp³-hybridized carbons (Fsp3) is 0.444. The number of nitrogens with one attached hydrogen (secondary N) is 2. The molecule has 0 fully saturated rings. The number of aromatic amines is 2. The van der Waals surface area contributed by atoms with Gasteiger partial charge in [-0.25, -0.2) is 9.78 Å². The third-order valence-electron chi connectivity index (χ3n) is 2.07. The van der Waals surface area contributed by atoms with Gasteiger partial charge in [0.25, 0.3) is 5.56 Å². The zero-order chi connectivity index (χ0) is 11.0. The summed E-state index contributed by atoms with van der Waals surface area (Å²) in [6, 6.07) is 0. The van der Waals surface area contributed by atoms with Gasteiger partial charge in [-0.1, -0.05) is 13.8 Å². The maximum absolute atomic E-state index is 11.3. The molecule has 0 unspecified atom stereocenters. The number of imidazole rings is 1. The number of hydrogen-bond acceptors (Lipinski definition) is 3. The normalized spacial score (nSPS) is 11.4. The number of aromatic nitrogens is 4. The molecule has 6 nitrogen and oxygen atoms in total. The van der Waals surface area contributed by atoms with Crippen LogP contribution < -0.4 is 11.2 Å². The van der Waals surface area contributed by atoms with Crippen LogP contribution in [0.1, 0.15) is 13.8 Å². The van der Waals surface area contributed by atoms with E-state index in [9.17, 15) is 9.59 Å². The van der Waals surface area contributed by atoms with Crippen LogP contribution >= 0.6 is 0 Å². The molecule has 0 bridgehead atoms. The van der Waals surface area contributed by atoms with Crippen molar-refractivity contribution in [3.63, 3.8) is 0 Å². The van der Waals surface area contributed by atoms with Gasteiger partial charge >= 0.3 is 5.69 Å². The van der Waals surface area contributed by atoms with E-state index in [0.717, 1.165) is 6.54 Å². The highest BCUT2D eigenvalue weighted by molar-refractivity contribution is 5.68. The van der Waals surface area contributed by atoms with Crippen LogP contribution in [-0.4, -0.2) is 19.5 Å². The molecule has 6 heteroatoms. The molecule has 0 aliphatic rings. The molecule has 0 saturated carbocycles. The van der Waals surface area contributed by atoms with Crippen molar-refractivity contribution in [3.8, 4) is 0 Å². The fourth-order valence-corrected chi connectivity index (χ4v) is 1.51. The van der Waals surface area contributed by atoms with Crippen molar-refractivity contribution in [2.75, 3.05) is 0 Å². The lowest BCUT2D eigenvalue weighted by Crippen LogP contribution is -2.22. The van der Waals surface area contributed by atoms with Crippen molar-refractivity contribution in [1.29, 1.82) is 0 Å². The Balaban J connectivity index is 2.69. The average Bonchev–Trinajstić information content (AvgIpc) is 2.48. The van der Waals surface area contributed by atoms with E-state index in [2.05, 4.69) is 28.8 Å². The van der Waals surface area contributed by atoms with Gasteiger partial charge in [0.2, 0.25) is 0 Å². The minimum absolute atomic E-state index is 0.273. The Morgan fingerprint density at radius 1 is 1.40 bits per heavy atom. The molecule has 0 spiro atoms. The summed E-state index contributed by atoms with van der Waals surface area (Å²) in [6.45, 7) is 4.82. The molecule has 0 amide bonds. The zero-order valence-electron chi connectivity index (χ0n) is 8.57. The topological polar surface area (TPSA) is 83.5 Å². The van der Waals surface area contributed by atoms with Crippen LogP contribution in [-0.2, 0) is 6.54 Å². The van der Waals surface area contributed by atoms with Gasteiger partial charge in [-0.15, -0.1) is 0 Å². The van der Waals surface area contributed by atoms with E-state index in [-0.39, 0.29) is 5.52 Å². The molecule has 2 aromatic heterocycles. The third-order valence-corrected chi connectivity index (χ3v) is 2.07. The second-order valence-electron chi connectivity index (χ2n) is 3.90. The van der Waals surface area contributed by atoms with Crippen molar-refractivity contribution in [1.82, 2.24) is 19.5 Å². The summed E-state index contributed by atoms with van der Waals surface area (Å²) in [5.74, 6) is 0.421. The summed E-state index contributed by atoms with van der Waals surface area (Å²) in [4.78, 5) is 31.1. The number of hydrogen-bond donors (Lipinski definition) is 2. The first kappa shape index (κ1) is 9.70. The van der Waals surface area contributed by atoms with Crippen LogP contribution in [0, 0.1) is 5.92 Å². The zero-order valence-corrected chi connectivity index (χ0v) is 8.57. The number of fused-ring (bicyclic) bond motifs is 1. The molecule has 0 radical (unpaired) electrons. The molecule has 0 aromatic carbocycles. The highest BCUT2D eigenvalue weighted by atomic mass is 16.2. The van der Waals surface area contributed by atoms with Gasteiger partial charge in [0.05, 0.1) is 6.33 Å². The first-order valence-electron chi connectivity index (χ1n) is 4.75. The van der Waals surface area contributed by atoms with Crippen molar-refractivity contribution in [2.45, 2.75) is 20.4 Å². The van der Waals surface area contributed by atoms with Gasteiger partial charge in [0, 0.05) is 6.54 Å². The van der Waals surface area contributed by atoms with Gasteiger partial charge in [0.15, 0.2) is 5.52 Å². The third kappa shape index (κ3) is 1.70. The molecule has 0 aliphatic carbocycles. The van der Waals surface area contributed by atoms with Crippen LogP contribution in [0.15, 0.2) is 15.9 Å². The van der Waals surface area contributed by atoms with Crippen LogP contribution in [0.2, 0.25) is 0 Å². The summed E-state index contributed by atoms with van der Waals surface area (Å²) >= 11 is 0. The van der Waals surface area contributed by atoms with E-state index in [1.807, 2.05) is 0 Å². The van der Waals surface area contributed by atoms with Crippen molar-refractivity contribution >= 4 is 11.2 Å². The molecular weight excluding hydrogens is 196 g/mol. The van der Waals surface area contributed by atoms with E-state index in [1.54, 1.807) is 10.9 Å². The SMILES string of the molecule is CC(C)Cn1cnc2c(=O)[nH]c(=O)[nH]c21. The van der Waals surface area contributed by atoms with Crippen LogP contribution in [0.5, 0.6) is 0 Å². The number of nitrogens with zero attached hydrogens (tertiary/aromatic N) is 2. The van der Waals surface area contributed by atoms with Gasteiger partial charge < -0.3 is 4.57 Å². The van der Waals surface area contributed by atoms with Crippen molar-refractivity contribution in [2.24, 2.45) is 5.92 Å². The summed E-state index contributed by atoms with van der Waals surface area (Å²) in [5, 5.41) is 0. The molecule has 0 aliphatic heterocycles. The molecule has 0 atom stereocenters. The Morgan fingerprint density at radius 2 is 2.13 bits per heavy atom. The quantitative estimate of drug-likeness (QED) is 0.732. The smallest absolute Gasteiger partial charge is 0.316 e. The Labute approximate surface area is 85.0 Å². The Bertz CT molecular complexity index is 590. The summed E-state index contributed by atoms with van der Waals surface area (Å²) in [5.41, 5.74) is -0.193.